The summed E-state index contributed by atoms with van der Waals surface area (Å²) in [6.07, 6.45) is -0.950. The van der Waals surface area contributed by atoms with Crippen LogP contribution >= 0.6 is 27.5 Å². The molecule has 6 nitrogen and oxygen atoms in total. The quantitative estimate of drug-likeness (QED) is 0.347. The summed E-state index contributed by atoms with van der Waals surface area (Å²) in [4.78, 5) is 55.9. The highest BCUT2D eigenvalue weighted by molar-refractivity contribution is 9.10. The predicted octanol–water partition coefficient (Wildman–Crippen LogP) is 4.80. The first kappa shape index (κ1) is 21.4. The molecule has 2 fully saturated rings. The first-order valence-corrected chi connectivity index (χ1v) is 11.8. The highest BCUT2D eigenvalue weighted by Gasteiger charge is 2.74. The number of carbonyl (C=O) groups is 4. The van der Waals surface area contributed by atoms with Crippen LogP contribution in [0.1, 0.15) is 32.4 Å². The zero-order chi connectivity index (χ0) is 23.8. The minimum absolute atomic E-state index is 0.202. The van der Waals surface area contributed by atoms with Crippen LogP contribution in [0.25, 0.3) is 0 Å². The molecule has 6 rings (SSSR count). The van der Waals surface area contributed by atoms with Gasteiger partial charge in [-0.25, -0.2) is 4.90 Å². The average Bonchev–Trinajstić information content (AvgIpc) is 3.40. The standard InChI is InChI=1S/C26H15BrClNO5/c27-14-7-5-13(6-8-14)21-19-20(25(33)29(24(19)32)16-11-9-15(28)10-12-16)26(34-21)22(30)17-3-1-2-4-18(17)23(26)31/h1-12,19-21H/t19-,20+,21-/m1/s1. The molecule has 3 aromatic carbocycles. The van der Waals surface area contributed by atoms with E-state index in [2.05, 4.69) is 15.9 Å². The van der Waals surface area contributed by atoms with E-state index in [-0.39, 0.29) is 11.1 Å². The lowest BCUT2D eigenvalue weighted by Crippen LogP contribution is -2.51. The van der Waals surface area contributed by atoms with Crippen molar-refractivity contribution in [3.05, 3.63) is 99.0 Å². The van der Waals surface area contributed by atoms with Crippen LogP contribution in [0.4, 0.5) is 5.69 Å². The maximum atomic E-state index is 13.8. The fourth-order valence-corrected chi connectivity index (χ4v) is 5.71. The summed E-state index contributed by atoms with van der Waals surface area (Å²) in [5, 5.41) is 0.451. The van der Waals surface area contributed by atoms with Crippen LogP contribution in [-0.2, 0) is 14.3 Å². The molecule has 3 aliphatic rings. The van der Waals surface area contributed by atoms with Crippen LogP contribution in [0.15, 0.2) is 77.3 Å². The first-order chi connectivity index (χ1) is 16.3. The predicted molar refractivity (Wildman–Crippen MR) is 127 cm³/mol. The number of benzene rings is 3. The molecule has 0 unspecified atom stereocenters. The van der Waals surface area contributed by atoms with Gasteiger partial charge in [0.1, 0.15) is 0 Å². The molecular formula is C26H15BrClNO5. The number of ketones is 2. The van der Waals surface area contributed by atoms with Crippen molar-refractivity contribution in [3.63, 3.8) is 0 Å². The Bertz CT molecular complexity index is 1370. The van der Waals surface area contributed by atoms with Crippen LogP contribution < -0.4 is 4.90 Å². The number of carbonyl (C=O) groups excluding carboxylic acids is 4. The third-order valence-electron chi connectivity index (χ3n) is 6.80. The number of hydrogen-bond donors (Lipinski definition) is 0. The van der Waals surface area contributed by atoms with Crippen LogP contribution in [0.2, 0.25) is 5.02 Å². The Kier molecular flexibility index (Phi) is 4.68. The minimum atomic E-state index is -2.08. The second kappa shape index (κ2) is 7.43. The Hall–Kier alpha value is -3.13. The molecule has 2 amide bonds. The molecule has 0 aromatic heterocycles. The summed E-state index contributed by atoms with van der Waals surface area (Å²) >= 11 is 9.38. The molecule has 0 saturated carbocycles. The van der Waals surface area contributed by atoms with Gasteiger partial charge >= 0.3 is 0 Å². The Morgan fingerprint density at radius 3 is 1.97 bits per heavy atom. The van der Waals surface area contributed by atoms with Gasteiger partial charge in [0.15, 0.2) is 0 Å². The maximum Gasteiger partial charge on any atom is 0.241 e. The molecule has 168 valence electrons. The summed E-state index contributed by atoms with van der Waals surface area (Å²) in [5.74, 6) is -4.63. The number of amides is 2. The smallest absolute Gasteiger partial charge is 0.241 e. The second-order valence-corrected chi connectivity index (χ2v) is 9.87. The Labute approximate surface area is 207 Å². The summed E-state index contributed by atoms with van der Waals surface area (Å²) in [7, 11) is 0. The van der Waals surface area contributed by atoms with Gasteiger partial charge in [0.25, 0.3) is 0 Å². The molecule has 3 atom stereocenters. The highest BCUT2D eigenvalue weighted by Crippen LogP contribution is 2.57. The lowest BCUT2D eigenvalue weighted by atomic mass is 9.77. The number of Topliss-reactive ketones (excluding diaryl/α,β-unsaturated/α-hetero) is 2. The number of nitrogens with zero attached hydrogens (tertiary/aromatic N) is 1. The maximum absolute atomic E-state index is 13.8. The molecule has 8 heteroatoms. The van der Waals surface area contributed by atoms with E-state index in [9.17, 15) is 19.2 Å². The minimum Gasteiger partial charge on any atom is -0.349 e. The van der Waals surface area contributed by atoms with Crippen LogP contribution in [0.3, 0.4) is 0 Å². The fraction of sp³-hybridized carbons (Fsp3) is 0.154. The number of imide groups is 1. The molecule has 1 spiro atoms. The van der Waals surface area contributed by atoms with Gasteiger partial charge in [0.2, 0.25) is 29.0 Å². The third-order valence-corrected chi connectivity index (χ3v) is 7.58. The van der Waals surface area contributed by atoms with E-state index in [4.69, 9.17) is 16.3 Å². The van der Waals surface area contributed by atoms with Crippen molar-refractivity contribution >= 4 is 56.6 Å². The van der Waals surface area contributed by atoms with Crippen molar-refractivity contribution in [2.45, 2.75) is 11.7 Å². The number of fused-ring (bicyclic) bond motifs is 3. The van der Waals surface area contributed by atoms with E-state index >= 15 is 0 Å². The van der Waals surface area contributed by atoms with Gasteiger partial charge in [-0.15, -0.1) is 0 Å². The third kappa shape index (κ3) is 2.72. The Morgan fingerprint density at radius 1 is 0.794 bits per heavy atom. The van der Waals surface area contributed by atoms with E-state index in [1.54, 1.807) is 72.8 Å². The molecule has 2 heterocycles. The van der Waals surface area contributed by atoms with E-state index in [0.717, 1.165) is 9.37 Å². The molecule has 0 N–H and O–H groups in total. The fourth-order valence-electron chi connectivity index (χ4n) is 5.32. The second-order valence-electron chi connectivity index (χ2n) is 8.52. The molecule has 0 bridgehead atoms. The molecule has 3 aromatic rings. The van der Waals surface area contributed by atoms with Gasteiger partial charge in [-0.3, -0.25) is 19.2 Å². The average molecular weight is 537 g/mol. The van der Waals surface area contributed by atoms with Crippen LogP contribution in [0, 0.1) is 11.8 Å². The van der Waals surface area contributed by atoms with E-state index in [0.29, 0.717) is 16.3 Å². The highest BCUT2D eigenvalue weighted by atomic mass is 79.9. The molecular weight excluding hydrogens is 522 g/mol. The van der Waals surface area contributed by atoms with Crippen molar-refractivity contribution in [2.24, 2.45) is 11.8 Å². The monoisotopic (exact) mass is 535 g/mol. The van der Waals surface area contributed by atoms with Gasteiger partial charge in [0, 0.05) is 20.6 Å². The van der Waals surface area contributed by atoms with E-state index in [1.165, 1.54) is 0 Å². The largest absolute Gasteiger partial charge is 0.349 e. The van der Waals surface area contributed by atoms with Crippen molar-refractivity contribution < 1.29 is 23.9 Å². The van der Waals surface area contributed by atoms with Gasteiger partial charge < -0.3 is 4.74 Å². The number of hydrogen-bond acceptors (Lipinski definition) is 5. The first-order valence-electron chi connectivity index (χ1n) is 10.6. The lowest BCUT2D eigenvalue weighted by molar-refractivity contribution is -0.127. The van der Waals surface area contributed by atoms with E-state index < -0.39 is 46.9 Å². The number of ether oxygens (including phenoxy) is 1. The molecule has 34 heavy (non-hydrogen) atoms. The van der Waals surface area contributed by atoms with Gasteiger partial charge in [-0.2, -0.15) is 0 Å². The van der Waals surface area contributed by atoms with Crippen molar-refractivity contribution in [2.75, 3.05) is 4.90 Å². The molecule has 0 radical (unpaired) electrons. The van der Waals surface area contributed by atoms with Crippen molar-refractivity contribution in [3.8, 4) is 0 Å². The number of anilines is 1. The normalized spacial score (nSPS) is 24.8. The van der Waals surface area contributed by atoms with Crippen molar-refractivity contribution in [1.82, 2.24) is 0 Å². The molecule has 1 aliphatic carbocycles. The topological polar surface area (TPSA) is 80.8 Å². The Balaban J connectivity index is 1.54. The zero-order valence-electron chi connectivity index (χ0n) is 17.4. The van der Waals surface area contributed by atoms with Gasteiger partial charge in [0.05, 0.1) is 23.6 Å². The van der Waals surface area contributed by atoms with Crippen LogP contribution in [-0.4, -0.2) is 29.0 Å². The van der Waals surface area contributed by atoms with Crippen LogP contribution in [0.5, 0.6) is 0 Å². The summed E-state index contributed by atoms with van der Waals surface area (Å²) < 4.78 is 7.07. The zero-order valence-corrected chi connectivity index (χ0v) is 19.7. The molecule has 2 saturated heterocycles. The van der Waals surface area contributed by atoms with E-state index in [1.807, 2.05) is 0 Å². The Morgan fingerprint density at radius 2 is 1.38 bits per heavy atom. The lowest BCUT2D eigenvalue weighted by Gasteiger charge is -2.27. The van der Waals surface area contributed by atoms with Gasteiger partial charge in [-0.05, 0) is 42.0 Å². The summed E-state index contributed by atoms with van der Waals surface area (Å²) in [6.45, 7) is 0. The number of halogens is 2. The summed E-state index contributed by atoms with van der Waals surface area (Å²) in [6, 6.07) is 19.8. The summed E-state index contributed by atoms with van der Waals surface area (Å²) in [5.41, 5.74) is -0.750. The van der Waals surface area contributed by atoms with Gasteiger partial charge in [-0.1, -0.05) is 63.9 Å². The number of rotatable bonds is 2. The van der Waals surface area contributed by atoms with Crippen molar-refractivity contribution in [1.29, 1.82) is 0 Å². The molecule has 2 aliphatic heterocycles. The SMILES string of the molecule is O=C1[C@H]2[C@@H](c3ccc(Br)cc3)OC3(C(=O)c4ccccc4C3=O)[C@@H]2C(=O)N1c1ccc(Cl)cc1.